The topological polar surface area (TPSA) is 107 Å². The second kappa shape index (κ2) is 5.02. The van der Waals surface area contributed by atoms with E-state index in [1.165, 1.54) is 12.7 Å². The fourth-order valence-corrected chi connectivity index (χ4v) is 1.88. The van der Waals surface area contributed by atoms with E-state index in [0.717, 1.165) is 0 Å². The van der Waals surface area contributed by atoms with Gasteiger partial charge in [-0.15, -0.1) is 12.4 Å². The Morgan fingerprint density at radius 3 is 2.67 bits per heavy atom. The Balaban J connectivity index is 0.00000120. The highest BCUT2D eigenvalue weighted by atomic mass is 35.5. The molecule has 3 N–H and O–H groups in total. The van der Waals surface area contributed by atoms with Gasteiger partial charge >= 0.3 is 0 Å². The number of H-pyrrole nitrogens is 1. The van der Waals surface area contributed by atoms with Crippen molar-refractivity contribution >= 4 is 29.4 Å². The van der Waals surface area contributed by atoms with Crippen LogP contribution in [0.5, 0.6) is 0 Å². The van der Waals surface area contributed by atoms with Crippen molar-refractivity contribution in [3.8, 4) is 0 Å². The molecule has 0 amide bonds. The zero-order valence-electron chi connectivity index (χ0n) is 9.22. The van der Waals surface area contributed by atoms with Gasteiger partial charge in [-0.2, -0.15) is 0 Å². The molecule has 3 heterocycles. The van der Waals surface area contributed by atoms with Gasteiger partial charge in [0.25, 0.3) is 0 Å². The molecule has 98 valence electrons. The van der Waals surface area contributed by atoms with Crippen molar-refractivity contribution in [2.45, 2.75) is 12.6 Å². The van der Waals surface area contributed by atoms with Gasteiger partial charge in [0.2, 0.25) is 0 Å². The number of ether oxygens (including phenoxy) is 1. The molecule has 2 atom stereocenters. The minimum Gasteiger partial charge on any atom is -0.366 e. The average Bonchev–Trinajstić information content (AvgIpc) is 2.75. The number of aliphatic hydroxyl groups excluding tert-OH is 2. The molecule has 1 saturated heterocycles. The predicted molar refractivity (Wildman–Crippen MR) is 64.2 cm³/mol. The number of nitrogens with one attached hydrogen (secondary N) is 1. The maximum absolute atomic E-state index is 9.44. The Bertz CT molecular complexity index is 526. The van der Waals surface area contributed by atoms with Crippen LogP contribution in [0.2, 0.25) is 0 Å². The summed E-state index contributed by atoms with van der Waals surface area (Å²) in [7, 11) is 0. The van der Waals surface area contributed by atoms with Gasteiger partial charge in [-0.3, -0.25) is 0 Å². The van der Waals surface area contributed by atoms with Gasteiger partial charge in [0.15, 0.2) is 24.0 Å². The number of β-amino-alcohol motifs (C(OH)–C–C–N with tert-alkyl or cyclic N) is 2. The number of imidazole rings is 1. The van der Waals surface area contributed by atoms with Gasteiger partial charge in [-0.25, -0.2) is 15.0 Å². The first-order valence-electron chi connectivity index (χ1n) is 5.14. The monoisotopic (exact) mass is 273 g/mol. The summed E-state index contributed by atoms with van der Waals surface area (Å²) in [5.41, 5.74) is 1.22. The molecule has 18 heavy (non-hydrogen) atoms. The summed E-state index contributed by atoms with van der Waals surface area (Å²) in [6.07, 6.45) is 0.849. The van der Waals surface area contributed by atoms with E-state index in [1.54, 1.807) is 4.90 Å². The Hall–Kier alpha value is -1.48. The van der Waals surface area contributed by atoms with Gasteiger partial charge in [-0.1, -0.05) is 0 Å². The fourth-order valence-electron chi connectivity index (χ4n) is 1.88. The third kappa shape index (κ3) is 2.23. The number of nitrogens with zero attached hydrogens (tertiary/aromatic N) is 4. The van der Waals surface area contributed by atoms with Crippen LogP contribution in [0.15, 0.2) is 12.7 Å². The molecule has 0 spiro atoms. The lowest BCUT2D eigenvalue weighted by Crippen LogP contribution is -2.48. The van der Waals surface area contributed by atoms with Crippen LogP contribution in [0.1, 0.15) is 0 Å². The molecule has 9 heteroatoms. The van der Waals surface area contributed by atoms with Crippen molar-refractivity contribution < 1.29 is 14.9 Å². The van der Waals surface area contributed by atoms with Crippen LogP contribution in [0.4, 0.5) is 5.82 Å². The third-order valence-electron chi connectivity index (χ3n) is 2.57. The number of fused-ring (bicyclic) bond motifs is 1. The van der Waals surface area contributed by atoms with Crippen molar-refractivity contribution in [2.75, 3.05) is 18.0 Å². The molecular formula is C9H12ClN5O3. The normalized spacial score (nSPS) is 24.0. The maximum Gasteiger partial charge on any atom is 0.182 e. The summed E-state index contributed by atoms with van der Waals surface area (Å²) >= 11 is 0. The summed E-state index contributed by atoms with van der Waals surface area (Å²) in [4.78, 5) is 16.8. The second-order valence-corrected chi connectivity index (χ2v) is 3.75. The molecule has 1 aliphatic heterocycles. The Labute approximate surface area is 108 Å². The quantitative estimate of drug-likeness (QED) is 0.627. The van der Waals surface area contributed by atoms with Crippen molar-refractivity contribution in [1.82, 2.24) is 19.9 Å². The number of hydrogen-bond donors (Lipinski definition) is 3. The minimum absolute atomic E-state index is 0. The standard InChI is InChI=1S/C9H11N5O3.ClH/c15-5-1-14(2-6(16)17-5)9-7-8(11-3-10-7)12-4-13-9;/h3-6,15-16H,1-2H2,(H,10,11,12,13);1H. The smallest absolute Gasteiger partial charge is 0.182 e. The number of aromatic nitrogens is 4. The average molecular weight is 274 g/mol. The van der Waals surface area contributed by atoms with Crippen molar-refractivity contribution in [1.29, 1.82) is 0 Å². The van der Waals surface area contributed by atoms with Gasteiger partial charge < -0.3 is 24.8 Å². The van der Waals surface area contributed by atoms with Gasteiger partial charge in [-0.05, 0) is 0 Å². The molecule has 0 bridgehead atoms. The SMILES string of the molecule is Cl.OC1CN(c2ncnc3nc[nH]c23)CC(O)O1. The lowest BCUT2D eigenvalue weighted by atomic mass is 10.3. The summed E-state index contributed by atoms with van der Waals surface area (Å²) in [6.45, 7) is 0.477. The van der Waals surface area contributed by atoms with E-state index in [4.69, 9.17) is 4.74 Å². The number of anilines is 1. The zero-order valence-corrected chi connectivity index (χ0v) is 10.0. The largest absolute Gasteiger partial charge is 0.366 e. The van der Waals surface area contributed by atoms with Gasteiger partial charge in [0.1, 0.15) is 11.8 Å². The van der Waals surface area contributed by atoms with Gasteiger partial charge in [0.05, 0.1) is 19.4 Å². The first-order valence-corrected chi connectivity index (χ1v) is 5.14. The molecule has 1 aliphatic rings. The molecule has 2 unspecified atom stereocenters. The number of halogens is 1. The maximum atomic E-state index is 9.44. The molecule has 0 radical (unpaired) electrons. The Kier molecular flexibility index (Phi) is 3.62. The summed E-state index contributed by atoms with van der Waals surface area (Å²) in [5, 5.41) is 18.9. The van der Waals surface area contributed by atoms with E-state index in [9.17, 15) is 10.2 Å². The van der Waals surface area contributed by atoms with E-state index in [1.807, 2.05) is 0 Å². The molecule has 8 nitrogen and oxygen atoms in total. The first kappa shape index (κ1) is 13.0. The van der Waals surface area contributed by atoms with E-state index in [0.29, 0.717) is 17.0 Å². The number of hydrogen-bond acceptors (Lipinski definition) is 7. The van der Waals surface area contributed by atoms with E-state index < -0.39 is 12.6 Å². The summed E-state index contributed by atoms with van der Waals surface area (Å²) in [5.74, 6) is 0.592. The van der Waals surface area contributed by atoms with Crippen LogP contribution in [-0.2, 0) is 4.74 Å². The van der Waals surface area contributed by atoms with E-state index in [-0.39, 0.29) is 25.5 Å². The second-order valence-electron chi connectivity index (χ2n) is 3.75. The Morgan fingerprint density at radius 1 is 1.22 bits per heavy atom. The molecule has 0 aromatic carbocycles. The van der Waals surface area contributed by atoms with Crippen LogP contribution in [0.25, 0.3) is 11.2 Å². The minimum atomic E-state index is -1.04. The molecule has 2 aromatic heterocycles. The van der Waals surface area contributed by atoms with Crippen LogP contribution < -0.4 is 4.90 Å². The van der Waals surface area contributed by atoms with Crippen LogP contribution >= 0.6 is 12.4 Å². The number of morpholine rings is 1. The van der Waals surface area contributed by atoms with E-state index in [2.05, 4.69) is 19.9 Å². The van der Waals surface area contributed by atoms with E-state index >= 15 is 0 Å². The zero-order chi connectivity index (χ0) is 11.8. The molecule has 1 fully saturated rings. The summed E-state index contributed by atoms with van der Waals surface area (Å²) in [6, 6.07) is 0. The number of aliphatic hydroxyl groups is 2. The molecule has 0 saturated carbocycles. The number of rotatable bonds is 1. The highest BCUT2D eigenvalue weighted by Gasteiger charge is 2.27. The Morgan fingerprint density at radius 2 is 1.94 bits per heavy atom. The molecule has 3 rings (SSSR count). The molecular weight excluding hydrogens is 262 g/mol. The summed E-state index contributed by atoms with van der Waals surface area (Å²) < 4.78 is 4.83. The van der Waals surface area contributed by atoms with Crippen LogP contribution in [0.3, 0.4) is 0 Å². The van der Waals surface area contributed by atoms with Crippen molar-refractivity contribution in [3.63, 3.8) is 0 Å². The predicted octanol–water partition coefficient (Wildman–Crippen LogP) is -0.752. The number of aromatic amines is 1. The molecule has 0 aliphatic carbocycles. The van der Waals surface area contributed by atoms with Crippen molar-refractivity contribution in [3.05, 3.63) is 12.7 Å². The van der Waals surface area contributed by atoms with Gasteiger partial charge in [0, 0.05) is 0 Å². The third-order valence-corrected chi connectivity index (χ3v) is 2.57. The first-order chi connectivity index (χ1) is 8.24. The fraction of sp³-hybridized carbons (Fsp3) is 0.444. The highest BCUT2D eigenvalue weighted by molar-refractivity contribution is 5.85. The van der Waals surface area contributed by atoms with Crippen molar-refractivity contribution in [2.24, 2.45) is 0 Å². The lowest BCUT2D eigenvalue weighted by Gasteiger charge is -2.33. The highest BCUT2D eigenvalue weighted by Crippen LogP contribution is 2.22. The van der Waals surface area contributed by atoms with Crippen LogP contribution in [0, 0.1) is 0 Å². The van der Waals surface area contributed by atoms with Crippen LogP contribution in [-0.4, -0.2) is 55.8 Å². The molecule has 2 aromatic rings. The lowest BCUT2D eigenvalue weighted by molar-refractivity contribution is -0.214.